The largest absolute Gasteiger partial charge is 0.461 e. The predicted octanol–water partition coefficient (Wildman–Crippen LogP) is 2.14. The molecule has 1 aliphatic carbocycles. The van der Waals surface area contributed by atoms with Crippen LogP contribution in [0.4, 0.5) is 0 Å². The molecule has 0 bridgehead atoms. The van der Waals surface area contributed by atoms with Gasteiger partial charge in [0.15, 0.2) is 5.76 Å². The molecule has 1 aliphatic rings. The van der Waals surface area contributed by atoms with E-state index in [1.807, 2.05) is 18.2 Å². The van der Waals surface area contributed by atoms with Crippen molar-refractivity contribution < 1.29 is 14.0 Å². The Labute approximate surface area is 111 Å². The van der Waals surface area contributed by atoms with Crippen molar-refractivity contribution in [2.45, 2.75) is 25.5 Å². The van der Waals surface area contributed by atoms with Gasteiger partial charge in [-0.3, -0.25) is 0 Å². The summed E-state index contributed by atoms with van der Waals surface area (Å²) in [5.74, 6) is 1.97. The molecule has 5 nitrogen and oxygen atoms in total. The molecule has 102 valence electrons. The standard InChI is InChI=1S/C14H18N2O3/c1-16(8-10-5-12(17)6-10)9-11-7-14(19-15-11)13-3-2-4-18-13/h2-4,7,10,12,17H,5-6,8-9H2,1H3. The highest BCUT2D eigenvalue weighted by atomic mass is 16.5. The van der Waals surface area contributed by atoms with Crippen LogP contribution in [0.5, 0.6) is 0 Å². The minimum atomic E-state index is -0.0870. The molecule has 0 saturated heterocycles. The van der Waals surface area contributed by atoms with Crippen molar-refractivity contribution in [3.8, 4) is 11.5 Å². The maximum atomic E-state index is 9.27. The van der Waals surface area contributed by atoms with Crippen molar-refractivity contribution in [1.29, 1.82) is 0 Å². The molecule has 1 N–H and O–H groups in total. The van der Waals surface area contributed by atoms with Gasteiger partial charge in [0.1, 0.15) is 0 Å². The minimum Gasteiger partial charge on any atom is -0.461 e. The zero-order valence-electron chi connectivity index (χ0n) is 11.0. The van der Waals surface area contributed by atoms with E-state index in [1.54, 1.807) is 6.26 Å². The van der Waals surface area contributed by atoms with Crippen LogP contribution in [0.25, 0.3) is 11.5 Å². The molecule has 2 aromatic rings. The molecule has 1 saturated carbocycles. The predicted molar refractivity (Wildman–Crippen MR) is 69.3 cm³/mol. The molecule has 0 spiro atoms. The van der Waals surface area contributed by atoms with Gasteiger partial charge in [-0.2, -0.15) is 0 Å². The highest BCUT2D eigenvalue weighted by molar-refractivity contribution is 5.49. The summed E-state index contributed by atoms with van der Waals surface area (Å²) in [7, 11) is 2.06. The number of aliphatic hydroxyl groups is 1. The van der Waals surface area contributed by atoms with Crippen LogP contribution in [-0.2, 0) is 6.54 Å². The van der Waals surface area contributed by atoms with Gasteiger partial charge >= 0.3 is 0 Å². The van der Waals surface area contributed by atoms with E-state index in [0.717, 1.165) is 31.6 Å². The molecule has 2 heterocycles. The molecule has 2 aromatic heterocycles. The van der Waals surface area contributed by atoms with Crippen molar-refractivity contribution in [2.75, 3.05) is 13.6 Å². The maximum absolute atomic E-state index is 9.27. The van der Waals surface area contributed by atoms with Gasteiger partial charge in [-0.05, 0) is 37.9 Å². The average molecular weight is 262 g/mol. The van der Waals surface area contributed by atoms with Gasteiger partial charge in [0.05, 0.1) is 18.1 Å². The number of hydrogen-bond donors (Lipinski definition) is 1. The fourth-order valence-electron chi connectivity index (χ4n) is 2.55. The molecule has 0 radical (unpaired) electrons. The Morgan fingerprint density at radius 2 is 2.26 bits per heavy atom. The van der Waals surface area contributed by atoms with E-state index < -0.39 is 0 Å². The third-order valence-electron chi connectivity index (χ3n) is 3.54. The Hall–Kier alpha value is -1.59. The van der Waals surface area contributed by atoms with Gasteiger partial charge in [0, 0.05) is 19.2 Å². The summed E-state index contributed by atoms with van der Waals surface area (Å²) in [4.78, 5) is 2.21. The van der Waals surface area contributed by atoms with Crippen molar-refractivity contribution in [3.63, 3.8) is 0 Å². The smallest absolute Gasteiger partial charge is 0.202 e. The third-order valence-corrected chi connectivity index (χ3v) is 3.54. The van der Waals surface area contributed by atoms with E-state index in [-0.39, 0.29) is 6.10 Å². The second-order valence-electron chi connectivity index (χ2n) is 5.35. The minimum absolute atomic E-state index is 0.0870. The van der Waals surface area contributed by atoms with E-state index in [2.05, 4.69) is 17.1 Å². The third kappa shape index (κ3) is 2.88. The second kappa shape index (κ2) is 5.19. The van der Waals surface area contributed by atoms with Crippen molar-refractivity contribution in [2.24, 2.45) is 5.92 Å². The lowest BCUT2D eigenvalue weighted by molar-refractivity contribution is 0.0271. The molecule has 0 aromatic carbocycles. The molecule has 5 heteroatoms. The van der Waals surface area contributed by atoms with Gasteiger partial charge in [-0.25, -0.2) is 0 Å². The first kappa shape index (κ1) is 12.4. The lowest BCUT2D eigenvalue weighted by Gasteiger charge is -2.34. The Morgan fingerprint density at radius 1 is 1.42 bits per heavy atom. The van der Waals surface area contributed by atoms with E-state index in [0.29, 0.717) is 17.4 Å². The maximum Gasteiger partial charge on any atom is 0.202 e. The number of rotatable bonds is 5. The number of hydrogen-bond acceptors (Lipinski definition) is 5. The SMILES string of the molecule is CN(Cc1cc(-c2ccco2)on1)CC1CC(O)C1. The number of nitrogens with zero attached hydrogens (tertiary/aromatic N) is 2. The molecule has 0 amide bonds. The van der Waals surface area contributed by atoms with Crippen LogP contribution in [0.2, 0.25) is 0 Å². The van der Waals surface area contributed by atoms with Crippen LogP contribution in [0, 0.1) is 5.92 Å². The zero-order chi connectivity index (χ0) is 13.2. The number of aromatic nitrogens is 1. The summed E-state index contributed by atoms with van der Waals surface area (Å²) in [5.41, 5.74) is 0.897. The number of aliphatic hydroxyl groups excluding tert-OH is 1. The molecule has 1 fully saturated rings. The summed E-state index contributed by atoms with van der Waals surface area (Å²) < 4.78 is 10.5. The fraction of sp³-hybridized carbons (Fsp3) is 0.500. The molecule has 0 aliphatic heterocycles. The van der Waals surface area contributed by atoms with Crippen LogP contribution in [0.15, 0.2) is 33.4 Å². The molecule has 0 atom stereocenters. The van der Waals surface area contributed by atoms with E-state index in [1.165, 1.54) is 0 Å². The van der Waals surface area contributed by atoms with Crippen LogP contribution in [-0.4, -0.2) is 34.9 Å². The quantitative estimate of drug-likeness (QED) is 0.894. The number of furan rings is 1. The zero-order valence-corrected chi connectivity index (χ0v) is 11.0. The van der Waals surface area contributed by atoms with Crippen molar-refractivity contribution in [1.82, 2.24) is 10.1 Å². The van der Waals surface area contributed by atoms with Crippen molar-refractivity contribution >= 4 is 0 Å². The average Bonchev–Trinajstić information content (AvgIpc) is 2.96. The first-order valence-corrected chi connectivity index (χ1v) is 6.57. The van der Waals surface area contributed by atoms with Gasteiger partial charge < -0.3 is 18.9 Å². The van der Waals surface area contributed by atoms with Gasteiger partial charge in [0.2, 0.25) is 5.76 Å². The van der Waals surface area contributed by atoms with Crippen LogP contribution >= 0.6 is 0 Å². The van der Waals surface area contributed by atoms with E-state index in [4.69, 9.17) is 8.94 Å². The molecular formula is C14H18N2O3. The van der Waals surface area contributed by atoms with E-state index >= 15 is 0 Å². The second-order valence-corrected chi connectivity index (χ2v) is 5.35. The monoisotopic (exact) mass is 262 g/mol. The Balaban J connectivity index is 1.55. The lowest BCUT2D eigenvalue weighted by Crippen LogP contribution is -2.36. The summed E-state index contributed by atoms with van der Waals surface area (Å²) in [6.07, 6.45) is 3.36. The van der Waals surface area contributed by atoms with Crippen LogP contribution in [0.3, 0.4) is 0 Å². The first-order valence-electron chi connectivity index (χ1n) is 6.57. The van der Waals surface area contributed by atoms with Gasteiger partial charge in [-0.15, -0.1) is 0 Å². The first-order chi connectivity index (χ1) is 9.20. The van der Waals surface area contributed by atoms with Crippen molar-refractivity contribution in [3.05, 3.63) is 30.2 Å². The summed E-state index contributed by atoms with van der Waals surface area (Å²) in [6, 6.07) is 5.58. The highest BCUT2D eigenvalue weighted by Gasteiger charge is 2.28. The Kier molecular flexibility index (Phi) is 3.40. The highest BCUT2D eigenvalue weighted by Crippen LogP contribution is 2.28. The van der Waals surface area contributed by atoms with Crippen LogP contribution < -0.4 is 0 Å². The van der Waals surface area contributed by atoms with E-state index in [9.17, 15) is 5.11 Å². The summed E-state index contributed by atoms with van der Waals surface area (Å²) in [6.45, 7) is 1.73. The topological polar surface area (TPSA) is 62.6 Å². The molecule has 19 heavy (non-hydrogen) atoms. The Morgan fingerprint density at radius 3 is 2.95 bits per heavy atom. The summed E-state index contributed by atoms with van der Waals surface area (Å²) >= 11 is 0. The normalized spacial score (nSPS) is 22.7. The summed E-state index contributed by atoms with van der Waals surface area (Å²) in [5, 5.41) is 13.3. The molecule has 0 unspecified atom stereocenters. The van der Waals surface area contributed by atoms with Crippen LogP contribution in [0.1, 0.15) is 18.5 Å². The van der Waals surface area contributed by atoms with Gasteiger partial charge in [-0.1, -0.05) is 5.16 Å². The lowest BCUT2D eigenvalue weighted by atomic mass is 9.82. The van der Waals surface area contributed by atoms with Gasteiger partial charge in [0.25, 0.3) is 0 Å². The molecular weight excluding hydrogens is 244 g/mol. The molecule has 3 rings (SSSR count). The Bertz CT molecular complexity index is 515. The fourth-order valence-corrected chi connectivity index (χ4v) is 2.55.